The first-order valence-corrected chi connectivity index (χ1v) is 14.1. The number of carbonyl (C=O) groups excluding carboxylic acids is 2. The van der Waals surface area contributed by atoms with Crippen molar-refractivity contribution in [1.29, 1.82) is 0 Å². The number of esters is 1. The van der Waals surface area contributed by atoms with Crippen molar-refractivity contribution in [3.63, 3.8) is 0 Å². The molecule has 1 saturated carbocycles. The van der Waals surface area contributed by atoms with Gasteiger partial charge in [-0.3, -0.25) is 9.59 Å². The maximum Gasteiger partial charge on any atom is 0.306 e. The summed E-state index contributed by atoms with van der Waals surface area (Å²) >= 11 is 0. The van der Waals surface area contributed by atoms with Gasteiger partial charge in [0, 0.05) is 43.8 Å². The van der Waals surface area contributed by atoms with Gasteiger partial charge in [-0.15, -0.1) is 0 Å². The first-order chi connectivity index (χ1) is 18.7. The van der Waals surface area contributed by atoms with Gasteiger partial charge in [-0.05, 0) is 94.7 Å². The fourth-order valence-corrected chi connectivity index (χ4v) is 5.80. The van der Waals surface area contributed by atoms with Crippen LogP contribution in [0.3, 0.4) is 0 Å². The molecule has 8 nitrogen and oxygen atoms in total. The SMILES string of the molecule is Cn1c(-c2cc3cccnc3n2CC2CC2)nc2cc(C(=O)N3CCC[C@@H](CC(=O)OC(C)(C)C)C3)ccc21. The molecule has 0 bridgehead atoms. The average molecular weight is 528 g/mol. The number of hydrogen-bond acceptors (Lipinski definition) is 5. The number of amides is 1. The summed E-state index contributed by atoms with van der Waals surface area (Å²) in [4.78, 5) is 37.5. The van der Waals surface area contributed by atoms with Gasteiger partial charge in [0.25, 0.3) is 5.91 Å². The minimum Gasteiger partial charge on any atom is -0.460 e. The van der Waals surface area contributed by atoms with Gasteiger partial charge >= 0.3 is 5.97 Å². The highest BCUT2D eigenvalue weighted by molar-refractivity contribution is 5.98. The summed E-state index contributed by atoms with van der Waals surface area (Å²) in [7, 11) is 2.03. The Bertz CT molecular complexity index is 1560. The average Bonchev–Trinajstić information content (AvgIpc) is 3.56. The minimum absolute atomic E-state index is 0.00922. The number of aromatic nitrogens is 4. The Kier molecular flexibility index (Phi) is 6.44. The quantitative estimate of drug-likeness (QED) is 0.306. The van der Waals surface area contributed by atoms with Crippen molar-refractivity contribution < 1.29 is 14.3 Å². The minimum atomic E-state index is -0.499. The van der Waals surface area contributed by atoms with Gasteiger partial charge < -0.3 is 18.8 Å². The van der Waals surface area contributed by atoms with Crippen molar-refractivity contribution in [2.45, 2.75) is 65.0 Å². The van der Waals surface area contributed by atoms with E-state index >= 15 is 0 Å². The van der Waals surface area contributed by atoms with Crippen molar-refractivity contribution in [1.82, 2.24) is 24.0 Å². The van der Waals surface area contributed by atoms with Crippen LogP contribution in [0.5, 0.6) is 0 Å². The molecule has 2 aliphatic rings. The number of imidazole rings is 1. The van der Waals surface area contributed by atoms with E-state index in [1.807, 2.05) is 63.2 Å². The van der Waals surface area contributed by atoms with E-state index in [0.717, 1.165) is 53.0 Å². The zero-order chi connectivity index (χ0) is 27.3. The molecular formula is C31H37N5O3. The van der Waals surface area contributed by atoms with Crippen molar-refractivity contribution in [2.75, 3.05) is 13.1 Å². The summed E-state index contributed by atoms with van der Waals surface area (Å²) in [6.45, 7) is 7.85. The third kappa shape index (κ3) is 5.29. The number of ether oxygens (including phenoxy) is 1. The number of nitrogens with zero attached hydrogens (tertiary/aromatic N) is 5. The first-order valence-electron chi connectivity index (χ1n) is 14.1. The lowest BCUT2D eigenvalue weighted by Crippen LogP contribution is -2.41. The predicted octanol–water partition coefficient (Wildman–Crippen LogP) is 5.58. The summed E-state index contributed by atoms with van der Waals surface area (Å²) in [5.41, 5.74) is 3.97. The predicted molar refractivity (Wildman–Crippen MR) is 151 cm³/mol. The molecule has 1 aliphatic heterocycles. The summed E-state index contributed by atoms with van der Waals surface area (Å²) in [5.74, 6) is 1.49. The van der Waals surface area contributed by atoms with Crippen LogP contribution in [-0.2, 0) is 23.1 Å². The van der Waals surface area contributed by atoms with Crippen LogP contribution in [0, 0.1) is 11.8 Å². The van der Waals surface area contributed by atoms with Crippen molar-refractivity contribution >= 4 is 33.9 Å². The monoisotopic (exact) mass is 527 g/mol. The number of benzene rings is 1. The van der Waals surface area contributed by atoms with Crippen molar-refractivity contribution in [3.8, 4) is 11.5 Å². The molecule has 4 heterocycles. The number of aryl methyl sites for hydroxylation is 1. The summed E-state index contributed by atoms with van der Waals surface area (Å²) in [5, 5.41) is 1.11. The second-order valence-corrected chi connectivity index (χ2v) is 12.2. The molecule has 1 aliphatic carbocycles. The Hall–Kier alpha value is -3.68. The lowest BCUT2D eigenvalue weighted by molar-refractivity contribution is -0.156. The topological polar surface area (TPSA) is 82.3 Å². The van der Waals surface area contributed by atoms with Crippen LogP contribution in [0.4, 0.5) is 0 Å². The smallest absolute Gasteiger partial charge is 0.306 e. The van der Waals surface area contributed by atoms with Crippen LogP contribution in [0.25, 0.3) is 33.6 Å². The number of likely N-dealkylation sites (tertiary alicyclic amines) is 1. The van der Waals surface area contributed by atoms with E-state index in [1.165, 1.54) is 12.8 Å². The Balaban J connectivity index is 1.25. The fraction of sp³-hybridized carbons (Fsp3) is 0.484. The van der Waals surface area contributed by atoms with Crippen LogP contribution in [0.2, 0.25) is 0 Å². The van der Waals surface area contributed by atoms with Gasteiger partial charge in [0.05, 0.1) is 23.1 Å². The lowest BCUT2D eigenvalue weighted by atomic mass is 9.94. The molecular weight excluding hydrogens is 490 g/mol. The molecule has 39 heavy (non-hydrogen) atoms. The summed E-state index contributed by atoms with van der Waals surface area (Å²) in [6, 6.07) is 12.0. The van der Waals surface area contributed by atoms with E-state index in [-0.39, 0.29) is 17.8 Å². The van der Waals surface area contributed by atoms with Crippen LogP contribution < -0.4 is 0 Å². The molecule has 2 fully saturated rings. The molecule has 0 unspecified atom stereocenters. The van der Waals surface area contributed by atoms with Gasteiger partial charge in [0.1, 0.15) is 11.2 Å². The van der Waals surface area contributed by atoms with Gasteiger partial charge in [0.15, 0.2) is 5.82 Å². The standard InChI is InChI=1S/C31H37N5O3/c1-31(2,3)39-27(37)15-21-7-6-14-35(18-21)30(38)23-11-12-25-24(16-23)33-29(34(25)4)26-17-22-8-5-13-32-28(22)36(26)19-20-9-10-20/h5,8,11-13,16-17,20-21H,6-7,9-10,14-15,18-19H2,1-4H3/t21-/m0/s1. The van der Waals surface area contributed by atoms with Gasteiger partial charge in [-0.2, -0.15) is 0 Å². The Morgan fingerprint density at radius 3 is 2.67 bits per heavy atom. The number of pyridine rings is 1. The summed E-state index contributed by atoms with van der Waals surface area (Å²) in [6.07, 6.45) is 6.52. The highest BCUT2D eigenvalue weighted by Crippen LogP contribution is 2.36. The second-order valence-electron chi connectivity index (χ2n) is 12.2. The molecule has 4 aromatic rings. The third-order valence-electron chi connectivity index (χ3n) is 7.83. The molecule has 0 spiro atoms. The highest BCUT2D eigenvalue weighted by Gasteiger charge is 2.29. The van der Waals surface area contributed by atoms with Crippen molar-refractivity contribution in [2.24, 2.45) is 18.9 Å². The zero-order valence-electron chi connectivity index (χ0n) is 23.3. The second kappa shape index (κ2) is 9.81. The Morgan fingerprint density at radius 2 is 1.90 bits per heavy atom. The zero-order valence-corrected chi connectivity index (χ0v) is 23.3. The fourth-order valence-electron chi connectivity index (χ4n) is 5.80. The van der Waals surface area contributed by atoms with Gasteiger partial charge in [0.2, 0.25) is 0 Å². The number of rotatable bonds is 6. The molecule has 1 saturated heterocycles. The number of fused-ring (bicyclic) bond motifs is 2. The van der Waals surface area contributed by atoms with Crippen LogP contribution in [0.1, 0.15) is 63.2 Å². The number of hydrogen-bond donors (Lipinski definition) is 0. The molecule has 0 radical (unpaired) electrons. The third-order valence-corrected chi connectivity index (χ3v) is 7.83. The van der Waals surface area contributed by atoms with Crippen LogP contribution >= 0.6 is 0 Å². The van der Waals surface area contributed by atoms with E-state index in [1.54, 1.807) is 0 Å². The number of carbonyl (C=O) groups is 2. The Labute approximate surface area is 229 Å². The molecule has 1 amide bonds. The van der Waals surface area contributed by atoms with E-state index in [2.05, 4.69) is 26.3 Å². The molecule has 204 valence electrons. The highest BCUT2D eigenvalue weighted by atomic mass is 16.6. The first kappa shape index (κ1) is 25.6. The number of piperidine rings is 1. The van der Waals surface area contributed by atoms with Crippen LogP contribution in [0.15, 0.2) is 42.6 Å². The molecule has 0 N–H and O–H groups in total. The molecule has 1 atom stereocenters. The summed E-state index contributed by atoms with van der Waals surface area (Å²) < 4.78 is 9.93. The largest absolute Gasteiger partial charge is 0.460 e. The normalized spacial score (nSPS) is 18.2. The van der Waals surface area contributed by atoms with Gasteiger partial charge in [-0.25, -0.2) is 9.97 Å². The molecule has 6 rings (SSSR count). The molecule has 3 aromatic heterocycles. The van der Waals surface area contributed by atoms with E-state index < -0.39 is 5.60 Å². The molecule has 1 aromatic carbocycles. The van der Waals surface area contributed by atoms with Crippen molar-refractivity contribution in [3.05, 3.63) is 48.2 Å². The van der Waals surface area contributed by atoms with E-state index in [4.69, 9.17) is 9.72 Å². The maximum absolute atomic E-state index is 13.5. The van der Waals surface area contributed by atoms with E-state index in [0.29, 0.717) is 31.0 Å². The van der Waals surface area contributed by atoms with Gasteiger partial charge in [-0.1, -0.05) is 0 Å². The Morgan fingerprint density at radius 1 is 1.08 bits per heavy atom. The van der Waals surface area contributed by atoms with Crippen LogP contribution in [-0.4, -0.2) is 54.6 Å². The van der Waals surface area contributed by atoms with E-state index in [9.17, 15) is 9.59 Å². The maximum atomic E-state index is 13.5. The molecule has 8 heteroatoms. The lowest BCUT2D eigenvalue weighted by Gasteiger charge is -2.33.